The van der Waals surface area contributed by atoms with Gasteiger partial charge < -0.3 is 9.32 Å². The van der Waals surface area contributed by atoms with Crippen molar-refractivity contribution in [2.75, 3.05) is 4.90 Å². The standard InChI is InChI=1S/C43H31NO/c1-43(2)38-18-9-8-17-35(38)36-26-32(20-22-39(36)43)44(31-15-10-14-30(25-31)28-11-4-3-5-12-28)33-21-24-40-37(27-33)42-34-16-7-6-13-29(34)19-23-41(42)45-40/h3-27H,1-2H3. The molecule has 214 valence electrons. The van der Waals surface area contributed by atoms with Gasteiger partial charge in [0.25, 0.3) is 0 Å². The van der Waals surface area contributed by atoms with Crippen LogP contribution in [0.4, 0.5) is 17.1 Å². The highest BCUT2D eigenvalue weighted by Crippen LogP contribution is 2.51. The van der Waals surface area contributed by atoms with Crippen LogP contribution in [0.5, 0.6) is 0 Å². The average Bonchev–Trinajstić information content (AvgIpc) is 3.57. The second kappa shape index (κ2) is 9.70. The van der Waals surface area contributed by atoms with E-state index in [1.807, 2.05) is 0 Å². The minimum absolute atomic E-state index is 0.0435. The first-order chi connectivity index (χ1) is 22.1. The maximum atomic E-state index is 6.39. The lowest BCUT2D eigenvalue weighted by Gasteiger charge is -2.27. The Hall–Kier alpha value is -5.60. The molecule has 0 saturated heterocycles. The number of furan rings is 1. The minimum atomic E-state index is -0.0435. The van der Waals surface area contributed by atoms with E-state index in [2.05, 4.69) is 170 Å². The Bertz CT molecular complexity index is 2410. The van der Waals surface area contributed by atoms with Crippen LogP contribution in [0.15, 0.2) is 156 Å². The van der Waals surface area contributed by atoms with Gasteiger partial charge in [-0.15, -0.1) is 0 Å². The number of nitrogens with zero attached hydrogens (tertiary/aromatic N) is 1. The molecule has 1 aromatic heterocycles. The molecule has 8 aromatic rings. The Morgan fingerprint density at radius 2 is 1.16 bits per heavy atom. The van der Waals surface area contributed by atoms with Crippen LogP contribution in [0.3, 0.4) is 0 Å². The van der Waals surface area contributed by atoms with Gasteiger partial charge in [-0.3, -0.25) is 0 Å². The van der Waals surface area contributed by atoms with E-state index in [4.69, 9.17) is 4.42 Å². The van der Waals surface area contributed by atoms with E-state index in [1.165, 1.54) is 44.2 Å². The number of benzene rings is 7. The third-order valence-electron chi connectivity index (χ3n) is 9.64. The SMILES string of the molecule is CC1(C)c2ccccc2-c2cc(N(c3cccc(-c4ccccc4)c3)c3ccc4oc5ccc6ccccc6c5c4c3)ccc21. The Morgan fingerprint density at radius 1 is 0.467 bits per heavy atom. The van der Waals surface area contributed by atoms with Gasteiger partial charge in [-0.1, -0.05) is 117 Å². The van der Waals surface area contributed by atoms with Crippen molar-refractivity contribution in [1.82, 2.24) is 0 Å². The molecule has 0 bridgehead atoms. The number of fused-ring (bicyclic) bond motifs is 8. The molecule has 0 fully saturated rings. The van der Waals surface area contributed by atoms with Crippen molar-refractivity contribution in [3.05, 3.63) is 163 Å². The van der Waals surface area contributed by atoms with Gasteiger partial charge >= 0.3 is 0 Å². The van der Waals surface area contributed by atoms with E-state index in [0.717, 1.165) is 39.0 Å². The van der Waals surface area contributed by atoms with E-state index in [0.29, 0.717) is 0 Å². The van der Waals surface area contributed by atoms with Gasteiger partial charge in [0.1, 0.15) is 11.2 Å². The third-order valence-corrected chi connectivity index (χ3v) is 9.64. The highest BCUT2D eigenvalue weighted by molar-refractivity contribution is 6.19. The van der Waals surface area contributed by atoms with Crippen LogP contribution in [-0.4, -0.2) is 0 Å². The summed E-state index contributed by atoms with van der Waals surface area (Å²) in [5.74, 6) is 0. The van der Waals surface area contributed by atoms with Crippen molar-refractivity contribution in [2.24, 2.45) is 0 Å². The molecule has 0 N–H and O–H groups in total. The Labute approximate surface area is 262 Å². The first-order valence-corrected chi connectivity index (χ1v) is 15.6. The lowest BCUT2D eigenvalue weighted by molar-refractivity contribution is 0.660. The van der Waals surface area contributed by atoms with Gasteiger partial charge in [0.15, 0.2) is 0 Å². The molecule has 2 heteroatoms. The van der Waals surface area contributed by atoms with Crippen molar-refractivity contribution >= 4 is 49.8 Å². The summed E-state index contributed by atoms with van der Waals surface area (Å²) in [4.78, 5) is 2.39. The summed E-state index contributed by atoms with van der Waals surface area (Å²) in [6.07, 6.45) is 0. The predicted molar refractivity (Wildman–Crippen MR) is 189 cm³/mol. The molecule has 9 rings (SSSR count). The molecule has 0 spiro atoms. The van der Waals surface area contributed by atoms with Gasteiger partial charge in [-0.25, -0.2) is 0 Å². The number of hydrogen-bond donors (Lipinski definition) is 0. The summed E-state index contributed by atoms with van der Waals surface area (Å²) in [5, 5.41) is 4.70. The molecule has 1 heterocycles. The van der Waals surface area contributed by atoms with Crippen molar-refractivity contribution < 1.29 is 4.42 Å². The van der Waals surface area contributed by atoms with Crippen LogP contribution in [0, 0.1) is 0 Å². The van der Waals surface area contributed by atoms with E-state index in [1.54, 1.807) is 0 Å². The van der Waals surface area contributed by atoms with Crippen molar-refractivity contribution in [3.8, 4) is 22.3 Å². The van der Waals surface area contributed by atoms with Crippen LogP contribution >= 0.6 is 0 Å². The van der Waals surface area contributed by atoms with Gasteiger partial charge in [0, 0.05) is 33.2 Å². The molecule has 1 aliphatic rings. The van der Waals surface area contributed by atoms with Crippen molar-refractivity contribution in [1.29, 1.82) is 0 Å². The summed E-state index contributed by atoms with van der Waals surface area (Å²) < 4.78 is 6.39. The minimum Gasteiger partial charge on any atom is -0.456 e. The molecule has 0 unspecified atom stereocenters. The molecular weight excluding hydrogens is 546 g/mol. The van der Waals surface area contributed by atoms with Crippen LogP contribution in [0.1, 0.15) is 25.0 Å². The zero-order valence-electron chi connectivity index (χ0n) is 25.3. The van der Waals surface area contributed by atoms with Gasteiger partial charge in [-0.2, -0.15) is 0 Å². The highest BCUT2D eigenvalue weighted by Gasteiger charge is 2.35. The second-order valence-corrected chi connectivity index (χ2v) is 12.6. The lowest BCUT2D eigenvalue weighted by atomic mass is 9.82. The molecule has 7 aromatic carbocycles. The topological polar surface area (TPSA) is 16.4 Å². The van der Waals surface area contributed by atoms with E-state index in [9.17, 15) is 0 Å². The molecule has 45 heavy (non-hydrogen) atoms. The molecule has 0 saturated carbocycles. The maximum absolute atomic E-state index is 6.39. The number of rotatable bonds is 4. The monoisotopic (exact) mass is 577 g/mol. The number of hydrogen-bond acceptors (Lipinski definition) is 2. The van der Waals surface area contributed by atoms with Crippen LogP contribution in [-0.2, 0) is 5.41 Å². The van der Waals surface area contributed by atoms with Crippen molar-refractivity contribution in [2.45, 2.75) is 19.3 Å². The highest BCUT2D eigenvalue weighted by atomic mass is 16.3. The van der Waals surface area contributed by atoms with Crippen LogP contribution in [0.25, 0.3) is 55.0 Å². The summed E-state index contributed by atoms with van der Waals surface area (Å²) >= 11 is 0. The third kappa shape index (κ3) is 3.96. The Kier molecular flexibility index (Phi) is 5.58. The quantitative estimate of drug-likeness (QED) is 0.207. The lowest BCUT2D eigenvalue weighted by Crippen LogP contribution is -2.15. The molecule has 0 atom stereocenters. The molecule has 0 amide bonds. The zero-order chi connectivity index (χ0) is 30.1. The normalized spacial score (nSPS) is 13.3. The summed E-state index contributed by atoms with van der Waals surface area (Å²) in [5.41, 5.74) is 12.9. The molecule has 0 aliphatic heterocycles. The van der Waals surface area contributed by atoms with Gasteiger partial charge in [0.2, 0.25) is 0 Å². The van der Waals surface area contributed by atoms with Crippen LogP contribution in [0.2, 0.25) is 0 Å². The van der Waals surface area contributed by atoms with E-state index >= 15 is 0 Å². The van der Waals surface area contributed by atoms with E-state index < -0.39 is 0 Å². The zero-order valence-corrected chi connectivity index (χ0v) is 25.3. The molecule has 1 aliphatic carbocycles. The van der Waals surface area contributed by atoms with Gasteiger partial charge in [-0.05, 0) is 92.7 Å². The Morgan fingerprint density at radius 3 is 2.07 bits per heavy atom. The fraction of sp³-hybridized carbons (Fsp3) is 0.0698. The van der Waals surface area contributed by atoms with Crippen LogP contribution < -0.4 is 4.90 Å². The second-order valence-electron chi connectivity index (χ2n) is 12.6. The smallest absolute Gasteiger partial charge is 0.136 e. The Balaban J connectivity index is 1.29. The summed E-state index contributed by atoms with van der Waals surface area (Å²) in [6.45, 7) is 4.67. The summed E-state index contributed by atoms with van der Waals surface area (Å²) in [7, 11) is 0. The predicted octanol–water partition coefficient (Wildman–Crippen LogP) is 12.2. The average molecular weight is 578 g/mol. The first-order valence-electron chi connectivity index (χ1n) is 15.6. The first kappa shape index (κ1) is 25.9. The molecule has 2 nitrogen and oxygen atoms in total. The fourth-order valence-corrected chi connectivity index (χ4v) is 7.42. The molecule has 0 radical (unpaired) electrons. The fourth-order valence-electron chi connectivity index (χ4n) is 7.42. The number of anilines is 3. The summed E-state index contributed by atoms with van der Waals surface area (Å²) in [6, 6.07) is 54.7. The maximum Gasteiger partial charge on any atom is 0.136 e. The van der Waals surface area contributed by atoms with E-state index in [-0.39, 0.29) is 5.41 Å². The van der Waals surface area contributed by atoms with Crippen molar-refractivity contribution in [3.63, 3.8) is 0 Å². The van der Waals surface area contributed by atoms with Gasteiger partial charge in [0.05, 0.1) is 0 Å². The largest absolute Gasteiger partial charge is 0.456 e. The molecular formula is C43H31NO.